The molecule has 0 atom stereocenters. The van der Waals surface area contributed by atoms with E-state index in [0.29, 0.717) is 35.3 Å². The van der Waals surface area contributed by atoms with Crippen LogP contribution in [0.2, 0.25) is 0 Å². The van der Waals surface area contributed by atoms with Gasteiger partial charge in [0.05, 0.1) is 41.5 Å². The van der Waals surface area contributed by atoms with E-state index in [1.807, 2.05) is 0 Å². The summed E-state index contributed by atoms with van der Waals surface area (Å²) >= 11 is 0. The van der Waals surface area contributed by atoms with Gasteiger partial charge in [0.15, 0.2) is 0 Å². The Morgan fingerprint density at radius 2 is 2.00 bits per heavy atom. The van der Waals surface area contributed by atoms with Crippen LogP contribution in [0, 0.1) is 10.1 Å². The Balaban J connectivity index is 1.73. The fourth-order valence-electron chi connectivity index (χ4n) is 4.17. The molecule has 0 aliphatic carbocycles. The number of ether oxygens (including phenoxy) is 1. The average molecular weight is 440 g/mol. The van der Waals surface area contributed by atoms with Crippen molar-refractivity contribution in [2.75, 3.05) is 32.8 Å². The molecule has 3 heterocycles. The number of carbonyl (C=O) groups excluding carboxylic acids is 1. The van der Waals surface area contributed by atoms with Crippen molar-refractivity contribution in [3.8, 4) is 5.88 Å². The highest BCUT2D eigenvalue weighted by Crippen LogP contribution is 2.40. The van der Waals surface area contributed by atoms with Gasteiger partial charge in [0.1, 0.15) is 0 Å². The molecule has 1 aromatic heterocycles. The zero-order valence-corrected chi connectivity index (χ0v) is 16.3. The number of amides is 1. The molecule has 0 saturated carbocycles. The quantitative estimate of drug-likeness (QED) is 0.583. The summed E-state index contributed by atoms with van der Waals surface area (Å²) in [7, 11) is 0. The van der Waals surface area contributed by atoms with Crippen LogP contribution in [-0.4, -0.2) is 70.1 Å². The number of carbonyl (C=O) groups is 1. The van der Waals surface area contributed by atoms with Crippen LogP contribution in [-0.2, 0) is 9.53 Å². The summed E-state index contributed by atoms with van der Waals surface area (Å²) in [4.78, 5) is 27.4. The molecule has 1 aromatic carbocycles. The molecule has 12 heteroatoms. The molecule has 0 unspecified atom stereocenters. The van der Waals surface area contributed by atoms with E-state index in [1.54, 1.807) is 4.57 Å². The predicted octanol–water partition coefficient (Wildman–Crippen LogP) is 2.80. The molecule has 4 rings (SSSR count). The third-order valence-corrected chi connectivity index (χ3v) is 5.60. The fraction of sp³-hybridized carbons (Fsp3) is 0.474. The van der Waals surface area contributed by atoms with Gasteiger partial charge in [-0.3, -0.25) is 19.9 Å². The Morgan fingerprint density at radius 3 is 2.58 bits per heavy atom. The van der Waals surface area contributed by atoms with Gasteiger partial charge in [0.2, 0.25) is 5.88 Å². The van der Waals surface area contributed by atoms with E-state index in [4.69, 9.17) is 4.74 Å². The van der Waals surface area contributed by atoms with Crippen LogP contribution in [0.4, 0.5) is 18.9 Å². The van der Waals surface area contributed by atoms with E-state index < -0.39 is 17.0 Å². The summed E-state index contributed by atoms with van der Waals surface area (Å²) in [5.74, 6) is -2.04. The molecule has 1 N–H and O–H groups in total. The maximum Gasteiger partial charge on any atom is 0.471 e. The number of aromatic nitrogens is 1. The lowest BCUT2D eigenvalue weighted by molar-refractivity contribution is -0.384. The lowest BCUT2D eigenvalue weighted by Crippen LogP contribution is -2.45. The van der Waals surface area contributed by atoms with Gasteiger partial charge >= 0.3 is 12.1 Å². The van der Waals surface area contributed by atoms with E-state index in [-0.39, 0.29) is 50.1 Å². The Morgan fingerprint density at radius 1 is 1.29 bits per heavy atom. The van der Waals surface area contributed by atoms with Gasteiger partial charge in [0.25, 0.3) is 5.69 Å². The predicted molar refractivity (Wildman–Crippen MR) is 103 cm³/mol. The molecule has 0 radical (unpaired) electrons. The molecule has 1 amide bonds. The summed E-state index contributed by atoms with van der Waals surface area (Å²) < 4.78 is 45.1. The number of halogens is 3. The number of rotatable bonds is 3. The molecule has 1 saturated heterocycles. The van der Waals surface area contributed by atoms with Gasteiger partial charge in [-0.25, -0.2) is 0 Å². The Bertz CT molecular complexity index is 1070. The maximum atomic E-state index is 12.7. The van der Waals surface area contributed by atoms with Crippen LogP contribution in [0.1, 0.15) is 24.4 Å². The molecule has 0 bridgehead atoms. The number of non-ortho nitro benzene ring substituents is 1. The van der Waals surface area contributed by atoms with Gasteiger partial charge in [-0.2, -0.15) is 13.2 Å². The number of hydrogen-bond donors (Lipinski definition) is 1. The first-order valence-electron chi connectivity index (χ1n) is 9.67. The highest BCUT2D eigenvalue weighted by molar-refractivity contribution is 6.14. The van der Waals surface area contributed by atoms with Crippen LogP contribution >= 0.6 is 0 Å². The zero-order chi connectivity index (χ0) is 22.3. The van der Waals surface area contributed by atoms with Crippen LogP contribution in [0.3, 0.4) is 0 Å². The van der Waals surface area contributed by atoms with Crippen LogP contribution in [0.15, 0.2) is 23.2 Å². The van der Waals surface area contributed by atoms with Crippen LogP contribution < -0.4 is 0 Å². The standard InChI is InChI=1S/C19H19F3N4O5/c20-19(21,22)18(28)24-6-3-11(4-7-24)25-15-2-1-12(26(29)30)9-13(15)16(17(25)27)14-10-31-8-5-23-14/h1-2,9,11,27H,3-8,10H2. The number of hydrogen-bond acceptors (Lipinski definition) is 6. The molecular formula is C19H19F3N4O5. The molecule has 166 valence electrons. The number of nitro benzene ring substituents is 1. The lowest BCUT2D eigenvalue weighted by atomic mass is 10.0. The molecule has 2 aliphatic rings. The van der Waals surface area contributed by atoms with Gasteiger partial charge in [-0.1, -0.05) is 0 Å². The second-order valence-corrected chi connectivity index (χ2v) is 7.43. The van der Waals surface area contributed by atoms with Gasteiger partial charge in [-0.15, -0.1) is 0 Å². The molecule has 1 fully saturated rings. The third-order valence-electron chi connectivity index (χ3n) is 5.60. The normalized spacial score (nSPS) is 18.3. The monoisotopic (exact) mass is 440 g/mol. The van der Waals surface area contributed by atoms with Gasteiger partial charge in [0, 0.05) is 36.7 Å². The fourth-order valence-corrected chi connectivity index (χ4v) is 4.17. The summed E-state index contributed by atoms with van der Waals surface area (Å²) in [5, 5.41) is 22.7. The second kappa shape index (κ2) is 7.84. The van der Waals surface area contributed by atoms with Crippen molar-refractivity contribution in [2.24, 2.45) is 4.99 Å². The van der Waals surface area contributed by atoms with Crippen molar-refractivity contribution in [3.05, 3.63) is 33.9 Å². The van der Waals surface area contributed by atoms with Gasteiger partial charge in [-0.05, 0) is 18.9 Å². The zero-order valence-electron chi connectivity index (χ0n) is 16.3. The van der Waals surface area contributed by atoms with E-state index in [2.05, 4.69) is 4.99 Å². The van der Waals surface area contributed by atoms with E-state index >= 15 is 0 Å². The lowest BCUT2D eigenvalue weighted by Gasteiger charge is -2.33. The molecule has 9 nitrogen and oxygen atoms in total. The van der Waals surface area contributed by atoms with Crippen LogP contribution in [0.25, 0.3) is 10.9 Å². The Labute approximate surface area is 173 Å². The Kier molecular flexibility index (Phi) is 5.33. The minimum atomic E-state index is -4.93. The maximum absolute atomic E-state index is 12.7. The number of nitrogens with zero attached hydrogens (tertiary/aromatic N) is 4. The minimum Gasteiger partial charge on any atom is -0.494 e. The summed E-state index contributed by atoms with van der Waals surface area (Å²) in [5.41, 5.74) is 1.13. The summed E-state index contributed by atoms with van der Waals surface area (Å²) in [6.45, 7) is 0.708. The largest absolute Gasteiger partial charge is 0.494 e. The molecule has 31 heavy (non-hydrogen) atoms. The van der Waals surface area contributed by atoms with E-state index in [0.717, 1.165) is 4.90 Å². The highest BCUT2D eigenvalue weighted by atomic mass is 19.4. The summed E-state index contributed by atoms with van der Waals surface area (Å²) in [6.07, 6.45) is -4.54. The number of nitro groups is 1. The first-order chi connectivity index (χ1) is 14.7. The number of alkyl halides is 3. The molecule has 2 aliphatic heterocycles. The Hall–Kier alpha value is -3.15. The average Bonchev–Trinajstić information content (AvgIpc) is 3.04. The van der Waals surface area contributed by atoms with Crippen molar-refractivity contribution in [2.45, 2.75) is 25.1 Å². The number of aliphatic imine (C=N–C) groups is 1. The number of benzene rings is 1. The minimum absolute atomic E-state index is 0.117. The van der Waals surface area contributed by atoms with Crippen molar-refractivity contribution in [1.29, 1.82) is 0 Å². The number of fused-ring (bicyclic) bond motifs is 1. The molecule has 2 aromatic rings. The van der Waals surface area contributed by atoms with Gasteiger partial charge < -0.3 is 19.3 Å². The number of likely N-dealkylation sites (tertiary alicyclic amines) is 1. The van der Waals surface area contributed by atoms with E-state index in [9.17, 15) is 33.2 Å². The number of aromatic hydroxyl groups is 1. The van der Waals surface area contributed by atoms with Crippen molar-refractivity contribution < 1.29 is 32.7 Å². The first kappa shape index (κ1) is 21.1. The van der Waals surface area contributed by atoms with Crippen molar-refractivity contribution in [1.82, 2.24) is 9.47 Å². The summed E-state index contributed by atoms with van der Waals surface area (Å²) in [6, 6.07) is 3.78. The topological polar surface area (TPSA) is 110 Å². The van der Waals surface area contributed by atoms with Crippen LogP contribution in [0.5, 0.6) is 5.88 Å². The third kappa shape index (κ3) is 3.82. The molecular weight excluding hydrogens is 421 g/mol. The molecule has 0 spiro atoms. The smallest absolute Gasteiger partial charge is 0.471 e. The van der Waals surface area contributed by atoms with E-state index in [1.165, 1.54) is 18.2 Å². The SMILES string of the molecule is O=C(N1CCC(n2c(O)c(C3=NCCOC3)c3cc([N+](=O)[O-])ccc32)CC1)C(F)(F)F. The van der Waals surface area contributed by atoms with Crippen molar-refractivity contribution >= 4 is 28.2 Å². The second-order valence-electron chi connectivity index (χ2n) is 7.43. The number of piperidine rings is 1. The van der Waals surface area contributed by atoms with Crippen molar-refractivity contribution in [3.63, 3.8) is 0 Å². The first-order valence-corrected chi connectivity index (χ1v) is 9.67. The highest BCUT2D eigenvalue weighted by Gasteiger charge is 2.43.